The average Bonchev–Trinajstić information content (AvgIpc) is 2.52. The number of rotatable bonds is 5. The molecular weight excluding hydrogens is 272 g/mol. The Bertz CT molecular complexity index is 632. The van der Waals surface area contributed by atoms with Crippen LogP contribution in [-0.4, -0.2) is 10.9 Å². The summed E-state index contributed by atoms with van der Waals surface area (Å²) in [5.74, 6) is 1.02. The molecule has 1 aromatic carbocycles. The standard InChI is InChI=1S/C19H24N2O/c1-13(2)15(4)16-5-7-17(8-6-16)19(22)21-12-18-11-14(3)9-10-20-18/h5-11,13,15H,12H2,1-4H3,(H,21,22). The second-order valence-electron chi connectivity index (χ2n) is 6.16. The van der Waals surface area contributed by atoms with Crippen molar-refractivity contribution in [1.82, 2.24) is 10.3 Å². The molecule has 1 amide bonds. The highest BCUT2D eigenvalue weighted by Crippen LogP contribution is 2.23. The molecule has 1 heterocycles. The largest absolute Gasteiger partial charge is 0.346 e. The molecule has 0 aliphatic rings. The maximum atomic E-state index is 12.2. The van der Waals surface area contributed by atoms with Gasteiger partial charge in [0.25, 0.3) is 5.91 Å². The van der Waals surface area contributed by atoms with Gasteiger partial charge in [-0.05, 0) is 54.2 Å². The zero-order valence-corrected chi connectivity index (χ0v) is 13.8. The summed E-state index contributed by atoms with van der Waals surface area (Å²) in [5.41, 5.74) is 3.98. The molecule has 0 saturated carbocycles. The van der Waals surface area contributed by atoms with E-state index in [4.69, 9.17) is 0 Å². The van der Waals surface area contributed by atoms with Crippen LogP contribution in [0.2, 0.25) is 0 Å². The monoisotopic (exact) mass is 296 g/mol. The lowest BCUT2D eigenvalue weighted by atomic mass is 9.90. The summed E-state index contributed by atoms with van der Waals surface area (Å²) in [7, 11) is 0. The Labute approximate surface area is 132 Å². The van der Waals surface area contributed by atoms with Crippen molar-refractivity contribution < 1.29 is 4.79 Å². The Hall–Kier alpha value is -2.16. The van der Waals surface area contributed by atoms with Crippen molar-refractivity contribution in [2.24, 2.45) is 5.92 Å². The maximum Gasteiger partial charge on any atom is 0.251 e. The number of hydrogen-bond acceptors (Lipinski definition) is 2. The van der Waals surface area contributed by atoms with Crippen LogP contribution in [0.3, 0.4) is 0 Å². The van der Waals surface area contributed by atoms with E-state index in [0.717, 1.165) is 11.3 Å². The van der Waals surface area contributed by atoms with Crippen LogP contribution in [0.5, 0.6) is 0 Å². The number of hydrogen-bond donors (Lipinski definition) is 1. The normalized spacial score (nSPS) is 12.2. The summed E-state index contributed by atoms with van der Waals surface area (Å²) < 4.78 is 0. The smallest absolute Gasteiger partial charge is 0.251 e. The van der Waals surface area contributed by atoms with Crippen molar-refractivity contribution in [2.75, 3.05) is 0 Å². The summed E-state index contributed by atoms with van der Waals surface area (Å²) in [6.07, 6.45) is 1.76. The lowest BCUT2D eigenvalue weighted by Gasteiger charge is -2.16. The molecule has 0 bridgehead atoms. The van der Waals surface area contributed by atoms with E-state index in [-0.39, 0.29) is 5.91 Å². The highest BCUT2D eigenvalue weighted by Gasteiger charge is 2.11. The van der Waals surface area contributed by atoms with E-state index in [1.165, 1.54) is 5.56 Å². The van der Waals surface area contributed by atoms with Gasteiger partial charge in [0.05, 0.1) is 12.2 Å². The van der Waals surface area contributed by atoms with Gasteiger partial charge < -0.3 is 5.32 Å². The molecule has 1 atom stereocenters. The number of carbonyl (C=O) groups is 1. The van der Waals surface area contributed by atoms with Gasteiger partial charge in [-0.15, -0.1) is 0 Å². The molecule has 0 aliphatic heterocycles. The molecule has 116 valence electrons. The Morgan fingerprint density at radius 2 is 1.82 bits per heavy atom. The third-order valence-corrected chi connectivity index (χ3v) is 4.10. The molecule has 0 spiro atoms. The van der Waals surface area contributed by atoms with Crippen LogP contribution in [-0.2, 0) is 6.54 Å². The van der Waals surface area contributed by atoms with Gasteiger partial charge in [-0.2, -0.15) is 0 Å². The first-order valence-electron chi connectivity index (χ1n) is 7.77. The minimum Gasteiger partial charge on any atom is -0.346 e. The number of nitrogens with one attached hydrogen (secondary N) is 1. The van der Waals surface area contributed by atoms with Crippen molar-refractivity contribution in [2.45, 2.75) is 40.2 Å². The molecule has 3 heteroatoms. The zero-order valence-electron chi connectivity index (χ0n) is 13.8. The minimum absolute atomic E-state index is 0.0629. The van der Waals surface area contributed by atoms with Crippen LogP contribution in [0.25, 0.3) is 0 Å². The third-order valence-electron chi connectivity index (χ3n) is 4.10. The number of benzene rings is 1. The fourth-order valence-corrected chi connectivity index (χ4v) is 2.29. The van der Waals surface area contributed by atoms with Gasteiger partial charge in [0, 0.05) is 11.8 Å². The van der Waals surface area contributed by atoms with E-state index < -0.39 is 0 Å². The van der Waals surface area contributed by atoms with E-state index in [1.54, 1.807) is 6.20 Å². The predicted molar refractivity (Wildman–Crippen MR) is 89.8 cm³/mol. The molecule has 2 aromatic rings. The fraction of sp³-hybridized carbons (Fsp3) is 0.368. The fourth-order valence-electron chi connectivity index (χ4n) is 2.29. The molecule has 0 fully saturated rings. The van der Waals surface area contributed by atoms with Crippen LogP contribution in [0.15, 0.2) is 42.6 Å². The Morgan fingerprint density at radius 1 is 1.14 bits per heavy atom. The topological polar surface area (TPSA) is 42.0 Å². The summed E-state index contributed by atoms with van der Waals surface area (Å²) >= 11 is 0. The van der Waals surface area contributed by atoms with Crippen molar-refractivity contribution in [3.05, 3.63) is 65.0 Å². The van der Waals surface area contributed by atoms with Gasteiger partial charge in [0.2, 0.25) is 0 Å². The van der Waals surface area contributed by atoms with Crippen LogP contribution < -0.4 is 5.32 Å². The number of amides is 1. The molecule has 0 radical (unpaired) electrons. The van der Waals surface area contributed by atoms with Crippen molar-refractivity contribution in [3.63, 3.8) is 0 Å². The van der Waals surface area contributed by atoms with Gasteiger partial charge in [-0.1, -0.05) is 32.9 Å². The average molecular weight is 296 g/mol. The lowest BCUT2D eigenvalue weighted by molar-refractivity contribution is 0.0950. The summed E-state index contributed by atoms with van der Waals surface area (Å²) in [4.78, 5) is 16.4. The molecule has 1 aromatic heterocycles. The van der Waals surface area contributed by atoms with E-state index in [9.17, 15) is 4.79 Å². The Balaban J connectivity index is 1.98. The SMILES string of the molecule is Cc1ccnc(CNC(=O)c2ccc(C(C)C(C)C)cc2)c1. The van der Waals surface area contributed by atoms with E-state index in [2.05, 4.69) is 31.1 Å². The molecular formula is C19H24N2O. The molecule has 0 aliphatic carbocycles. The summed E-state index contributed by atoms with van der Waals surface area (Å²) in [6.45, 7) is 9.09. The molecule has 22 heavy (non-hydrogen) atoms. The van der Waals surface area contributed by atoms with Crippen molar-refractivity contribution >= 4 is 5.91 Å². The van der Waals surface area contributed by atoms with Gasteiger partial charge >= 0.3 is 0 Å². The van der Waals surface area contributed by atoms with Crippen LogP contribution in [0, 0.1) is 12.8 Å². The van der Waals surface area contributed by atoms with E-state index in [0.29, 0.717) is 23.9 Å². The predicted octanol–water partition coefficient (Wildman–Crippen LogP) is 4.08. The number of carbonyl (C=O) groups excluding carboxylic acids is 1. The highest BCUT2D eigenvalue weighted by atomic mass is 16.1. The number of pyridine rings is 1. The van der Waals surface area contributed by atoms with Gasteiger partial charge in [-0.25, -0.2) is 0 Å². The third kappa shape index (κ3) is 4.17. The van der Waals surface area contributed by atoms with Gasteiger partial charge in [-0.3, -0.25) is 9.78 Å². The van der Waals surface area contributed by atoms with E-state index >= 15 is 0 Å². The van der Waals surface area contributed by atoms with Crippen LogP contribution in [0.4, 0.5) is 0 Å². The van der Waals surface area contributed by atoms with Crippen LogP contribution >= 0.6 is 0 Å². The molecule has 1 unspecified atom stereocenters. The number of nitrogens with zero attached hydrogens (tertiary/aromatic N) is 1. The molecule has 0 saturated heterocycles. The van der Waals surface area contributed by atoms with Gasteiger partial charge in [0.1, 0.15) is 0 Å². The number of aromatic nitrogens is 1. The molecule has 2 rings (SSSR count). The second kappa shape index (κ2) is 7.21. The maximum absolute atomic E-state index is 12.2. The van der Waals surface area contributed by atoms with Crippen molar-refractivity contribution in [3.8, 4) is 0 Å². The van der Waals surface area contributed by atoms with Gasteiger partial charge in [0.15, 0.2) is 0 Å². The molecule has 1 N–H and O–H groups in total. The number of aryl methyl sites for hydroxylation is 1. The highest BCUT2D eigenvalue weighted by molar-refractivity contribution is 5.94. The van der Waals surface area contributed by atoms with Crippen LogP contribution in [0.1, 0.15) is 53.9 Å². The quantitative estimate of drug-likeness (QED) is 0.903. The zero-order chi connectivity index (χ0) is 16.1. The second-order valence-corrected chi connectivity index (χ2v) is 6.16. The van der Waals surface area contributed by atoms with E-state index in [1.807, 2.05) is 43.3 Å². The molecule has 3 nitrogen and oxygen atoms in total. The summed E-state index contributed by atoms with van der Waals surface area (Å²) in [6, 6.07) is 11.8. The van der Waals surface area contributed by atoms with Crippen molar-refractivity contribution in [1.29, 1.82) is 0 Å². The summed E-state index contributed by atoms with van der Waals surface area (Å²) in [5, 5.41) is 2.91. The lowest BCUT2D eigenvalue weighted by Crippen LogP contribution is -2.23. The first-order valence-corrected chi connectivity index (χ1v) is 7.77. The Kier molecular flexibility index (Phi) is 5.31. The Morgan fingerprint density at radius 3 is 2.41 bits per heavy atom. The first-order chi connectivity index (χ1) is 10.5. The first kappa shape index (κ1) is 16.2. The minimum atomic E-state index is -0.0629.